The molecule has 1 unspecified atom stereocenters. The Hall–Kier alpha value is -1.09. The molecule has 0 saturated heterocycles. The number of hydrogen-bond donors (Lipinski definition) is 1. The Morgan fingerprint density at radius 2 is 2.00 bits per heavy atom. The lowest BCUT2D eigenvalue weighted by molar-refractivity contribution is 0.286. The molecule has 0 radical (unpaired) electrons. The van der Waals surface area contributed by atoms with Crippen LogP contribution >= 0.6 is 12.2 Å². The number of nitrogens with two attached hydrogens (primary N) is 1. The Balaban J connectivity index is 2.93. The molecule has 2 nitrogen and oxygen atoms in total. The molecule has 0 aliphatic carbocycles. The monoisotopic (exact) mass is 265 g/mol. The normalized spacial score (nSPS) is 13.2. The number of rotatable bonds is 4. The number of aryl methyl sites for hydroxylation is 1. The van der Waals surface area contributed by atoms with Crippen molar-refractivity contribution in [3.8, 4) is 5.75 Å². The second-order valence-electron chi connectivity index (χ2n) is 5.86. The topological polar surface area (TPSA) is 35.2 Å². The Kier molecular flexibility index (Phi) is 4.74. The van der Waals surface area contributed by atoms with Gasteiger partial charge in [0, 0.05) is 5.92 Å². The number of ether oxygens (including phenoxy) is 1. The van der Waals surface area contributed by atoms with E-state index in [0.717, 1.165) is 5.75 Å². The van der Waals surface area contributed by atoms with E-state index in [1.54, 1.807) is 0 Å². The van der Waals surface area contributed by atoms with Gasteiger partial charge in [-0.25, -0.2) is 0 Å². The largest absolute Gasteiger partial charge is 0.493 e. The van der Waals surface area contributed by atoms with Crippen LogP contribution in [-0.2, 0) is 5.41 Å². The van der Waals surface area contributed by atoms with Gasteiger partial charge >= 0.3 is 0 Å². The highest BCUT2D eigenvalue weighted by atomic mass is 32.1. The van der Waals surface area contributed by atoms with Gasteiger partial charge in [0.1, 0.15) is 5.75 Å². The van der Waals surface area contributed by atoms with Crippen molar-refractivity contribution in [3.05, 3.63) is 29.3 Å². The fourth-order valence-corrected chi connectivity index (χ4v) is 1.73. The zero-order valence-corrected chi connectivity index (χ0v) is 12.7. The Morgan fingerprint density at radius 1 is 1.39 bits per heavy atom. The molecule has 0 bridgehead atoms. The molecule has 1 aromatic carbocycles. The van der Waals surface area contributed by atoms with Crippen LogP contribution in [0.3, 0.4) is 0 Å². The van der Waals surface area contributed by atoms with Crippen molar-refractivity contribution >= 4 is 17.2 Å². The summed E-state index contributed by atoms with van der Waals surface area (Å²) in [7, 11) is 0. The van der Waals surface area contributed by atoms with Crippen molar-refractivity contribution < 1.29 is 4.74 Å². The molecule has 1 aromatic rings. The van der Waals surface area contributed by atoms with Crippen molar-refractivity contribution in [1.29, 1.82) is 0 Å². The summed E-state index contributed by atoms with van der Waals surface area (Å²) in [5.74, 6) is 1.03. The molecule has 100 valence electrons. The molecule has 18 heavy (non-hydrogen) atoms. The van der Waals surface area contributed by atoms with Crippen LogP contribution < -0.4 is 10.5 Å². The van der Waals surface area contributed by atoms with Crippen molar-refractivity contribution in [2.75, 3.05) is 6.61 Å². The summed E-state index contributed by atoms with van der Waals surface area (Å²) in [5, 5.41) is 0. The number of hydrogen-bond acceptors (Lipinski definition) is 2. The highest BCUT2D eigenvalue weighted by Crippen LogP contribution is 2.32. The third-order valence-corrected chi connectivity index (χ3v) is 3.32. The van der Waals surface area contributed by atoms with E-state index in [4.69, 9.17) is 22.7 Å². The first-order chi connectivity index (χ1) is 8.21. The molecule has 0 heterocycles. The van der Waals surface area contributed by atoms with Crippen LogP contribution in [0.15, 0.2) is 18.2 Å². The molecule has 1 rings (SSSR count). The van der Waals surface area contributed by atoms with Crippen molar-refractivity contribution in [2.24, 2.45) is 11.7 Å². The summed E-state index contributed by atoms with van der Waals surface area (Å²) >= 11 is 4.96. The van der Waals surface area contributed by atoms with Crippen LogP contribution in [0.25, 0.3) is 0 Å². The predicted octanol–water partition coefficient (Wildman–Crippen LogP) is 3.59. The predicted molar refractivity (Wildman–Crippen MR) is 81.3 cm³/mol. The van der Waals surface area contributed by atoms with Crippen LogP contribution in [0.2, 0.25) is 0 Å². The van der Waals surface area contributed by atoms with Gasteiger partial charge in [0.2, 0.25) is 0 Å². The summed E-state index contributed by atoms with van der Waals surface area (Å²) in [5.41, 5.74) is 8.08. The molecular weight excluding hydrogens is 242 g/mol. The molecule has 3 heteroatoms. The van der Waals surface area contributed by atoms with Crippen molar-refractivity contribution in [1.82, 2.24) is 0 Å². The summed E-state index contributed by atoms with van der Waals surface area (Å²) in [6.07, 6.45) is 0. The standard InChI is InChI=1S/C15H23NOS/c1-10-6-7-12(15(3,4)5)13(8-10)17-9-11(2)14(16)18/h6-8,11H,9H2,1-5H3,(H2,16,18). The van der Waals surface area contributed by atoms with Crippen LogP contribution in [0.1, 0.15) is 38.8 Å². The van der Waals surface area contributed by atoms with Gasteiger partial charge in [-0.3, -0.25) is 0 Å². The third kappa shape index (κ3) is 3.98. The first-order valence-corrected chi connectivity index (χ1v) is 6.66. The first-order valence-electron chi connectivity index (χ1n) is 6.25. The van der Waals surface area contributed by atoms with E-state index >= 15 is 0 Å². The lowest BCUT2D eigenvalue weighted by Crippen LogP contribution is -2.25. The van der Waals surface area contributed by atoms with E-state index in [2.05, 4.69) is 45.9 Å². The smallest absolute Gasteiger partial charge is 0.123 e. The molecule has 0 aromatic heterocycles. The maximum atomic E-state index is 5.90. The van der Waals surface area contributed by atoms with E-state index in [1.807, 2.05) is 6.92 Å². The van der Waals surface area contributed by atoms with Gasteiger partial charge in [-0.2, -0.15) is 0 Å². The highest BCUT2D eigenvalue weighted by molar-refractivity contribution is 7.80. The minimum atomic E-state index is 0.0650. The van der Waals surface area contributed by atoms with E-state index in [0.29, 0.717) is 11.6 Å². The molecule has 2 N–H and O–H groups in total. The highest BCUT2D eigenvalue weighted by Gasteiger charge is 2.19. The van der Waals surface area contributed by atoms with Gasteiger partial charge in [0.25, 0.3) is 0 Å². The Labute approximate surface area is 116 Å². The molecule has 0 spiro atoms. The van der Waals surface area contributed by atoms with Crippen LogP contribution in [0, 0.1) is 12.8 Å². The molecule has 0 fully saturated rings. The maximum absolute atomic E-state index is 5.90. The molecule has 0 aliphatic rings. The molecule has 0 aliphatic heterocycles. The zero-order chi connectivity index (χ0) is 13.9. The minimum Gasteiger partial charge on any atom is -0.493 e. The summed E-state index contributed by atoms with van der Waals surface area (Å²) < 4.78 is 5.90. The maximum Gasteiger partial charge on any atom is 0.123 e. The van der Waals surface area contributed by atoms with E-state index in [-0.39, 0.29) is 11.3 Å². The second kappa shape index (κ2) is 5.70. The van der Waals surface area contributed by atoms with Crippen molar-refractivity contribution in [3.63, 3.8) is 0 Å². The lowest BCUT2D eigenvalue weighted by Gasteiger charge is -2.24. The van der Waals surface area contributed by atoms with Gasteiger partial charge in [0.05, 0.1) is 11.6 Å². The summed E-state index contributed by atoms with van der Waals surface area (Å²) in [4.78, 5) is 0.500. The number of benzene rings is 1. The fraction of sp³-hybridized carbons (Fsp3) is 0.533. The quantitative estimate of drug-likeness (QED) is 0.845. The van der Waals surface area contributed by atoms with Gasteiger partial charge in [-0.05, 0) is 29.5 Å². The minimum absolute atomic E-state index is 0.0650. The van der Waals surface area contributed by atoms with Gasteiger partial charge in [-0.1, -0.05) is 52.0 Å². The van der Waals surface area contributed by atoms with E-state index in [9.17, 15) is 0 Å². The average molecular weight is 265 g/mol. The second-order valence-corrected chi connectivity index (χ2v) is 6.34. The van der Waals surface area contributed by atoms with Crippen molar-refractivity contribution in [2.45, 2.75) is 40.0 Å². The summed E-state index contributed by atoms with van der Waals surface area (Å²) in [6.45, 7) is 11.1. The van der Waals surface area contributed by atoms with E-state index < -0.39 is 0 Å². The number of thiocarbonyl (C=S) groups is 1. The van der Waals surface area contributed by atoms with Gasteiger partial charge in [-0.15, -0.1) is 0 Å². The van der Waals surface area contributed by atoms with E-state index in [1.165, 1.54) is 11.1 Å². The van der Waals surface area contributed by atoms with Crippen LogP contribution in [0.5, 0.6) is 5.75 Å². The van der Waals surface area contributed by atoms with Gasteiger partial charge < -0.3 is 10.5 Å². The third-order valence-electron chi connectivity index (χ3n) is 2.92. The molecule has 1 atom stereocenters. The fourth-order valence-electron chi connectivity index (χ4n) is 1.67. The van der Waals surface area contributed by atoms with Crippen LogP contribution in [-0.4, -0.2) is 11.6 Å². The average Bonchev–Trinajstić information content (AvgIpc) is 2.23. The molecular formula is C15H23NOS. The Morgan fingerprint density at radius 3 is 2.50 bits per heavy atom. The SMILES string of the molecule is Cc1ccc(C(C)(C)C)c(OCC(C)C(N)=S)c1. The zero-order valence-electron chi connectivity index (χ0n) is 11.9. The first kappa shape index (κ1) is 15.0. The lowest BCUT2D eigenvalue weighted by atomic mass is 9.86. The van der Waals surface area contributed by atoms with Crippen LogP contribution in [0.4, 0.5) is 0 Å². The summed E-state index contributed by atoms with van der Waals surface area (Å²) in [6, 6.07) is 6.33. The Bertz CT molecular complexity index is 435. The molecule has 0 saturated carbocycles. The molecule has 0 amide bonds. The van der Waals surface area contributed by atoms with Gasteiger partial charge in [0.15, 0.2) is 0 Å².